The van der Waals surface area contributed by atoms with Crippen LogP contribution in [0.3, 0.4) is 0 Å². The maximum Gasteiger partial charge on any atom is 0.161 e. The molecule has 1 unspecified atom stereocenters. The Bertz CT molecular complexity index is 282. The number of nitrogens with zero attached hydrogens (tertiary/aromatic N) is 1. The number of likely N-dealkylation sites (N-methyl/N-ethyl adjacent to an activating group) is 1. The molecule has 2 fully saturated rings. The summed E-state index contributed by atoms with van der Waals surface area (Å²) in [6.45, 7) is 3.24. The largest absolute Gasteiger partial charge is 0.300 e. The third-order valence-corrected chi connectivity index (χ3v) is 3.82. The van der Waals surface area contributed by atoms with Crippen LogP contribution in [-0.4, -0.2) is 30.3 Å². The van der Waals surface area contributed by atoms with Gasteiger partial charge in [0.25, 0.3) is 0 Å². The third kappa shape index (κ3) is 2.31. The summed E-state index contributed by atoms with van der Waals surface area (Å²) < 4.78 is 0. The zero-order chi connectivity index (χ0) is 10.8. The number of hydrogen-bond donors (Lipinski definition) is 0. The summed E-state index contributed by atoms with van der Waals surface area (Å²) in [5.41, 5.74) is 1.10. The molecule has 2 rings (SSSR count). The molecule has 0 spiro atoms. The highest BCUT2D eigenvalue weighted by atomic mass is 16.1. The van der Waals surface area contributed by atoms with Crippen LogP contribution in [0.25, 0.3) is 0 Å². The van der Waals surface area contributed by atoms with Crippen LogP contribution in [0, 0.1) is 5.92 Å². The molecule has 0 amide bonds. The molecule has 0 aromatic rings. The van der Waals surface area contributed by atoms with Crippen molar-refractivity contribution in [3.8, 4) is 0 Å². The van der Waals surface area contributed by atoms with E-state index in [0.717, 1.165) is 18.4 Å². The van der Waals surface area contributed by atoms with Gasteiger partial charge in [0.1, 0.15) is 0 Å². The molecule has 1 aliphatic carbocycles. The summed E-state index contributed by atoms with van der Waals surface area (Å²) in [6, 6.07) is 0.522. The fourth-order valence-electron chi connectivity index (χ4n) is 2.71. The first-order valence-electron chi connectivity index (χ1n) is 6.13. The summed E-state index contributed by atoms with van der Waals surface area (Å²) in [7, 11) is 2.16. The Morgan fingerprint density at radius 3 is 2.80 bits per heavy atom. The van der Waals surface area contributed by atoms with Crippen LogP contribution in [0.1, 0.15) is 39.0 Å². The van der Waals surface area contributed by atoms with Gasteiger partial charge in [-0.3, -0.25) is 9.69 Å². The van der Waals surface area contributed by atoms with Crippen molar-refractivity contribution in [3.63, 3.8) is 0 Å². The van der Waals surface area contributed by atoms with E-state index < -0.39 is 0 Å². The Balaban J connectivity index is 2.08. The zero-order valence-corrected chi connectivity index (χ0v) is 9.83. The molecule has 2 aliphatic rings. The highest BCUT2D eigenvalue weighted by molar-refractivity contribution is 5.97. The fourth-order valence-corrected chi connectivity index (χ4v) is 2.71. The fraction of sp³-hybridized carbons (Fsp3) is 0.769. The van der Waals surface area contributed by atoms with Gasteiger partial charge in [-0.1, -0.05) is 13.0 Å². The summed E-state index contributed by atoms with van der Waals surface area (Å²) >= 11 is 0. The SMILES string of the molecule is CC1CCC/C(=C/[C@@H]2CCCN2C)C1=O. The molecule has 1 saturated carbocycles. The molecule has 0 radical (unpaired) electrons. The van der Waals surface area contributed by atoms with Crippen molar-refractivity contribution in [2.24, 2.45) is 5.92 Å². The van der Waals surface area contributed by atoms with Crippen LogP contribution in [-0.2, 0) is 4.79 Å². The Morgan fingerprint density at radius 2 is 2.13 bits per heavy atom. The van der Waals surface area contributed by atoms with Gasteiger partial charge in [-0.15, -0.1) is 0 Å². The Kier molecular flexibility index (Phi) is 3.25. The third-order valence-electron chi connectivity index (χ3n) is 3.82. The second kappa shape index (κ2) is 4.48. The Hall–Kier alpha value is -0.630. The van der Waals surface area contributed by atoms with Gasteiger partial charge >= 0.3 is 0 Å². The lowest BCUT2D eigenvalue weighted by molar-refractivity contribution is -0.120. The van der Waals surface area contributed by atoms with E-state index in [4.69, 9.17) is 0 Å². The van der Waals surface area contributed by atoms with Gasteiger partial charge in [0.15, 0.2) is 5.78 Å². The summed E-state index contributed by atoms with van der Waals surface area (Å²) in [5.74, 6) is 0.665. The molecule has 0 bridgehead atoms. The van der Waals surface area contributed by atoms with Gasteiger partial charge in [0, 0.05) is 12.0 Å². The van der Waals surface area contributed by atoms with Crippen LogP contribution in [0.4, 0.5) is 0 Å². The van der Waals surface area contributed by atoms with Crippen molar-refractivity contribution in [3.05, 3.63) is 11.6 Å². The van der Waals surface area contributed by atoms with Gasteiger partial charge < -0.3 is 0 Å². The molecule has 1 heterocycles. The quantitative estimate of drug-likeness (QED) is 0.615. The van der Waals surface area contributed by atoms with Crippen molar-refractivity contribution in [1.82, 2.24) is 4.90 Å². The first-order valence-corrected chi connectivity index (χ1v) is 6.13. The van der Waals surface area contributed by atoms with E-state index in [1.807, 2.05) is 0 Å². The van der Waals surface area contributed by atoms with Gasteiger partial charge in [-0.2, -0.15) is 0 Å². The monoisotopic (exact) mass is 207 g/mol. The van der Waals surface area contributed by atoms with Gasteiger partial charge in [-0.05, 0) is 51.3 Å². The van der Waals surface area contributed by atoms with Crippen molar-refractivity contribution < 1.29 is 4.79 Å². The van der Waals surface area contributed by atoms with E-state index >= 15 is 0 Å². The summed E-state index contributed by atoms with van der Waals surface area (Å²) in [6.07, 6.45) is 8.01. The second-order valence-corrected chi connectivity index (χ2v) is 5.04. The first kappa shape index (κ1) is 10.9. The molecule has 0 N–H and O–H groups in total. The number of carbonyl (C=O) groups is 1. The second-order valence-electron chi connectivity index (χ2n) is 5.04. The Labute approximate surface area is 92.3 Å². The van der Waals surface area contributed by atoms with E-state index in [0.29, 0.717) is 11.8 Å². The number of allylic oxidation sites excluding steroid dienone is 1. The van der Waals surface area contributed by atoms with E-state index in [1.165, 1.54) is 25.8 Å². The number of likely N-dealkylation sites (tertiary alicyclic amines) is 1. The molecular formula is C13H21NO. The number of Topliss-reactive ketones (excluding diaryl/α,β-unsaturated/α-hetero) is 1. The van der Waals surface area contributed by atoms with E-state index in [-0.39, 0.29) is 5.92 Å². The van der Waals surface area contributed by atoms with Crippen LogP contribution in [0.5, 0.6) is 0 Å². The van der Waals surface area contributed by atoms with Crippen molar-refractivity contribution in [1.29, 1.82) is 0 Å². The van der Waals surface area contributed by atoms with E-state index in [9.17, 15) is 4.79 Å². The molecule has 0 aromatic heterocycles. The van der Waals surface area contributed by atoms with Crippen LogP contribution in [0.2, 0.25) is 0 Å². The van der Waals surface area contributed by atoms with Crippen molar-refractivity contribution in [2.75, 3.05) is 13.6 Å². The predicted molar refractivity (Wildman–Crippen MR) is 61.8 cm³/mol. The Morgan fingerprint density at radius 1 is 1.33 bits per heavy atom. The maximum absolute atomic E-state index is 11.9. The highest BCUT2D eigenvalue weighted by Crippen LogP contribution is 2.27. The van der Waals surface area contributed by atoms with Crippen LogP contribution >= 0.6 is 0 Å². The standard InChI is InChI=1S/C13H21NO/c1-10-5-3-6-11(13(10)15)9-12-7-4-8-14(12)2/h9-10,12H,3-8H2,1-2H3/b11-9-/t10?,12-/m0/s1. The van der Waals surface area contributed by atoms with E-state index in [2.05, 4.69) is 24.9 Å². The molecular weight excluding hydrogens is 186 g/mol. The zero-order valence-electron chi connectivity index (χ0n) is 9.83. The maximum atomic E-state index is 11.9. The molecule has 15 heavy (non-hydrogen) atoms. The summed E-state index contributed by atoms with van der Waals surface area (Å²) in [4.78, 5) is 14.3. The molecule has 2 nitrogen and oxygen atoms in total. The first-order chi connectivity index (χ1) is 7.18. The van der Waals surface area contributed by atoms with Crippen LogP contribution < -0.4 is 0 Å². The lowest BCUT2D eigenvalue weighted by atomic mass is 9.84. The average Bonchev–Trinajstić information content (AvgIpc) is 2.60. The highest BCUT2D eigenvalue weighted by Gasteiger charge is 2.25. The molecule has 1 aliphatic heterocycles. The topological polar surface area (TPSA) is 20.3 Å². The van der Waals surface area contributed by atoms with Gasteiger partial charge in [0.2, 0.25) is 0 Å². The predicted octanol–water partition coefficient (Wildman–Crippen LogP) is 2.40. The number of hydrogen-bond acceptors (Lipinski definition) is 2. The molecule has 1 saturated heterocycles. The molecule has 2 atom stereocenters. The molecule has 84 valence electrons. The minimum atomic E-state index is 0.261. The number of ketones is 1. The lowest BCUT2D eigenvalue weighted by Crippen LogP contribution is -2.26. The minimum Gasteiger partial charge on any atom is -0.300 e. The number of rotatable bonds is 1. The molecule has 0 aromatic carbocycles. The van der Waals surface area contributed by atoms with E-state index in [1.54, 1.807) is 0 Å². The van der Waals surface area contributed by atoms with Gasteiger partial charge in [-0.25, -0.2) is 0 Å². The van der Waals surface area contributed by atoms with Crippen molar-refractivity contribution in [2.45, 2.75) is 45.1 Å². The van der Waals surface area contributed by atoms with Crippen molar-refractivity contribution >= 4 is 5.78 Å². The molecule has 2 heteroatoms. The minimum absolute atomic E-state index is 0.261. The van der Waals surface area contributed by atoms with Crippen LogP contribution in [0.15, 0.2) is 11.6 Å². The summed E-state index contributed by atoms with van der Waals surface area (Å²) in [5, 5.41) is 0. The smallest absolute Gasteiger partial charge is 0.161 e. The lowest BCUT2D eigenvalue weighted by Gasteiger charge is -2.22. The van der Waals surface area contributed by atoms with Gasteiger partial charge in [0.05, 0.1) is 0 Å². The average molecular weight is 207 g/mol. The normalized spacial score (nSPS) is 36.4. The number of carbonyl (C=O) groups excluding carboxylic acids is 1.